The van der Waals surface area contributed by atoms with E-state index in [1.807, 2.05) is 20.8 Å². The maximum Gasteiger partial charge on any atom is 0.300 e. The first-order valence-electron chi connectivity index (χ1n) is 10.8. The Hall–Kier alpha value is -3.64. The van der Waals surface area contributed by atoms with Crippen LogP contribution < -0.4 is 9.64 Å². The van der Waals surface area contributed by atoms with E-state index >= 15 is 0 Å². The molecule has 7 heteroatoms. The molecule has 1 aliphatic rings. The molecule has 6 nitrogen and oxygen atoms in total. The zero-order valence-electron chi connectivity index (χ0n) is 19.4. The number of anilines is 1. The van der Waals surface area contributed by atoms with Crippen LogP contribution in [0, 0.1) is 0 Å². The van der Waals surface area contributed by atoms with Crippen LogP contribution in [-0.4, -0.2) is 28.9 Å². The number of hydrogen-bond acceptors (Lipinski definition) is 5. The highest BCUT2D eigenvalue weighted by Gasteiger charge is 2.47. The second-order valence-electron chi connectivity index (χ2n) is 9.10. The number of rotatable bonds is 4. The quantitative estimate of drug-likeness (QED) is 0.298. The van der Waals surface area contributed by atoms with Crippen LogP contribution in [0.3, 0.4) is 0 Å². The molecule has 3 aromatic rings. The molecule has 0 radical (unpaired) electrons. The normalized spacial score (nSPS) is 17.8. The van der Waals surface area contributed by atoms with Gasteiger partial charge in [-0.2, -0.15) is 0 Å². The summed E-state index contributed by atoms with van der Waals surface area (Å²) in [5.74, 6) is -1.08. The maximum atomic E-state index is 13.3. The van der Waals surface area contributed by atoms with Crippen molar-refractivity contribution >= 4 is 34.7 Å². The number of amides is 1. The molecule has 0 spiro atoms. The Morgan fingerprint density at radius 2 is 1.79 bits per heavy atom. The number of carbonyl (C=O) groups excluding carboxylic acids is 2. The van der Waals surface area contributed by atoms with E-state index in [2.05, 4.69) is 4.98 Å². The first kappa shape index (κ1) is 23.5. The van der Waals surface area contributed by atoms with E-state index < -0.39 is 17.7 Å². The highest BCUT2D eigenvalue weighted by Crippen LogP contribution is 2.43. The molecule has 1 unspecified atom stereocenters. The van der Waals surface area contributed by atoms with Gasteiger partial charge in [-0.3, -0.25) is 19.5 Å². The van der Waals surface area contributed by atoms with Gasteiger partial charge in [0.25, 0.3) is 11.7 Å². The van der Waals surface area contributed by atoms with E-state index in [4.69, 9.17) is 16.3 Å². The van der Waals surface area contributed by atoms with Crippen LogP contribution in [0.2, 0.25) is 5.02 Å². The van der Waals surface area contributed by atoms with Crippen molar-refractivity contribution in [2.45, 2.75) is 32.2 Å². The lowest BCUT2D eigenvalue weighted by Crippen LogP contribution is -2.29. The number of aromatic nitrogens is 1. The highest BCUT2D eigenvalue weighted by atomic mass is 35.5. The third kappa shape index (κ3) is 4.17. The molecule has 1 saturated heterocycles. The van der Waals surface area contributed by atoms with Gasteiger partial charge in [-0.1, -0.05) is 38.4 Å². The Kier molecular flexibility index (Phi) is 6.19. The molecule has 0 bridgehead atoms. The van der Waals surface area contributed by atoms with Crippen molar-refractivity contribution in [3.8, 4) is 5.75 Å². The fourth-order valence-corrected chi connectivity index (χ4v) is 4.28. The average Bonchev–Trinajstić information content (AvgIpc) is 3.09. The zero-order chi connectivity index (χ0) is 24.6. The molecule has 2 heterocycles. The van der Waals surface area contributed by atoms with Crippen LogP contribution in [-0.2, 0) is 15.0 Å². The lowest BCUT2D eigenvalue weighted by atomic mass is 9.84. The number of benzene rings is 2. The summed E-state index contributed by atoms with van der Waals surface area (Å²) in [7, 11) is 1.59. The van der Waals surface area contributed by atoms with Gasteiger partial charge in [0.2, 0.25) is 0 Å². The number of aliphatic hydroxyl groups is 1. The van der Waals surface area contributed by atoms with E-state index in [0.29, 0.717) is 27.6 Å². The number of aliphatic hydroxyl groups excluding tert-OH is 1. The topological polar surface area (TPSA) is 79.7 Å². The number of halogens is 1. The van der Waals surface area contributed by atoms with Gasteiger partial charge >= 0.3 is 0 Å². The van der Waals surface area contributed by atoms with Crippen LogP contribution in [0.5, 0.6) is 5.75 Å². The summed E-state index contributed by atoms with van der Waals surface area (Å²) in [6, 6.07) is 14.5. The van der Waals surface area contributed by atoms with Crippen molar-refractivity contribution in [3.05, 3.63) is 94.3 Å². The summed E-state index contributed by atoms with van der Waals surface area (Å²) in [5.41, 5.74) is 2.10. The second kappa shape index (κ2) is 8.95. The van der Waals surface area contributed by atoms with Crippen LogP contribution in [0.25, 0.3) is 5.76 Å². The van der Waals surface area contributed by atoms with E-state index in [1.54, 1.807) is 74.1 Å². The Bertz CT molecular complexity index is 1280. The molecule has 1 fully saturated rings. The number of ether oxygens (including phenoxy) is 1. The van der Waals surface area contributed by atoms with Gasteiger partial charge < -0.3 is 9.84 Å². The van der Waals surface area contributed by atoms with Crippen LogP contribution >= 0.6 is 11.6 Å². The van der Waals surface area contributed by atoms with Gasteiger partial charge in [-0.15, -0.1) is 0 Å². The van der Waals surface area contributed by atoms with Crippen molar-refractivity contribution in [1.82, 2.24) is 4.98 Å². The van der Waals surface area contributed by atoms with Crippen molar-refractivity contribution in [2.75, 3.05) is 12.0 Å². The van der Waals surface area contributed by atoms with Gasteiger partial charge in [0, 0.05) is 34.2 Å². The number of Topliss-reactive ketones (excluding diaryl/α,β-unsaturated/α-hetero) is 1. The number of methoxy groups -OCH3 is 1. The van der Waals surface area contributed by atoms with Crippen molar-refractivity contribution in [3.63, 3.8) is 0 Å². The van der Waals surface area contributed by atoms with Crippen LogP contribution in [0.15, 0.2) is 72.6 Å². The molecule has 34 heavy (non-hydrogen) atoms. The fraction of sp³-hybridized carbons (Fsp3) is 0.222. The fourth-order valence-electron chi connectivity index (χ4n) is 4.15. The van der Waals surface area contributed by atoms with E-state index in [0.717, 1.165) is 5.56 Å². The van der Waals surface area contributed by atoms with Gasteiger partial charge in [-0.05, 0) is 59.5 Å². The first-order chi connectivity index (χ1) is 16.1. The number of carbonyl (C=O) groups is 2. The highest BCUT2D eigenvalue weighted by molar-refractivity contribution is 6.51. The molecule has 2 aromatic carbocycles. The van der Waals surface area contributed by atoms with Gasteiger partial charge in [-0.25, -0.2) is 0 Å². The van der Waals surface area contributed by atoms with Gasteiger partial charge in [0.15, 0.2) is 0 Å². The molecular formula is C27H25ClN2O4. The molecule has 1 atom stereocenters. The van der Waals surface area contributed by atoms with Crippen molar-refractivity contribution < 1.29 is 19.4 Å². The Morgan fingerprint density at radius 3 is 2.38 bits per heavy atom. The Labute approximate surface area is 203 Å². The lowest BCUT2D eigenvalue weighted by Gasteiger charge is -2.25. The summed E-state index contributed by atoms with van der Waals surface area (Å²) in [6.07, 6.45) is 3.19. The molecule has 4 rings (SSSR count). The molecule has 174 valence electrons. The standard InChI is InChI=1S/C27H25ClN2O4/c1-27(2,3)20-14-16(7-12-21(20)34-4)24(31)22-23(17-6-5-13-29-15-17)30(26(33)25(22)32)19-10-8-18(28)9-11-19/h5-15,23,31H,1-4H3/b24-22-. The average molecular weight is 477 g/mol. The third-order valence-electron chi connectivity index (χ3n) is 5.83. The Morgan fingerprint density at radius 1 is 1.09 bits per heavy atom. The molecule has 0 saturated carbocycles. The number of ketones is 1. The van der Waals surface area contributed by atoms with Gasteiger partial charge in [0.1, 0.15) is 11.5 Å². The van der Waals surface area contributed by atoms with Crippen LogP contribution in [0.1, 0.15) is 43.5 Å². The molecule has 1 N–H and O–H groups in total. The molecular weight excluding hydrogens is 452 g/mol. The monoisotopic (exact) mass is 476 g/mol. The predicted octanol–water partition coefficient (Wildman–Crippen LogP) is 5.67. The summed E-state index contributed by atoms with van der Waals surface area (Å²) < 4.78 is 5.50. The number of nitrogens with zero attached hydrogens (tertiary/aromatic N) is 2. The van der Waals surface area contributed by atoms with Crippen molar-refractivity contribution in [1.29, 1.82) is 0 Å². The molecule has 0 aliphatic carbocycles. The van der Waals surface area contributed by atoms with E-state index in [1.165, 1.54) is 4.90 Å². The third-order valence-corrected chi connectivity index (χ3v) is 6.08. The summed E-state index contributed by atoms with van der Waals surface area (Å²) in [4.78, 5) is 32.0. The second-order valence-corrected chi connectivity index (χ2v) is 9.53. The largest absolute Gasteiger partial charge is 0.507 e. The van der Waals surface area contributed by atoms with Crippen LogP contribution in [0.4, 0.5) is 5.69 Å². The molecule has 1 aliphatic heterocycles. The Balaban J connectivity index is 1.94. The number of hydrogen-bond donors (Lipinski definition) is 1. The van der Waals surface area contributed by atoms with Gasteiger partial charge in [0.05, 0.1) is 18.7 Å². The minimum Gasteiger partial charge on any atom is -0.507 e. The molecule has 1 amide bonds. The summed E-state index contributed by atoms with van der Waals surface area (Å²) in [5, 5.41) is 11.9. The number of pyridine rings is 1. The van der Waals surface area contributed by atoms with Crippen molar-refractivity contribution in [2.24, 2.45) is 0 Å². The van der Waals surface area contributed by atoms with E-state index in [9.17, 15) is 14.7 Å². The zero-order valence-corrected chi connectivity index (χ0v) is 20.1. The smallest absolute Gasteiger partial charge is 0.300 e. The van der Waals surface area contributed by atoms with E-state index in [-0.39, 0.29) is 16.7 Å². The minimum atomic E-state index is -0.852. The molecule has 1 aromatic heterocycles. The summed E-state index contributed by atoms with van der Waals surface area (Å²) >= 11 is 6.03. The predicted molar refractivity (Wildman–Crippen MR) is 132 cm³/mol. The minimum absolute atomic E-state index is 0.00187. The maximum absolute atomic E-state index is 13.3. The lowest BCUT2D eigenvalue weighted by molar-refractivity contribution is -0.132. The SMILES string of the molecule is COc1ccc(/C(O)=C2/C(=O)C(=O)N(c3ccc(Cl)cc3)C2c2cccnc2)cc1C(C)(C)C. The summed E-state index contributed by atoms with van der Waals surface area (Å²) in [6.45, 7) is 6.09. The first-order valence-corrected chi connectivity index (χ1v) is 11.2.